The monoisotopic (exact) mass is 310 g/mol. The summed E-state index contributed by atoms with van der Waals surface area (Å²) >= 11 is 0. The molecule has 1 aromatic rings. The van der Waals surface area contributed by atoms with E-state index < -0.39 is 10.0 Å². The van der Waals surface area contributed by atoms with Crippen LogP contribution in [0.15, 0.2) is 23.1 Å². The fraction of sp³-hybridized carbons (Fsp3) is 0.625. The molecule has 1 N–H and O–H groups in total. The molecule has 5 heteroatoms. The van der Waals surface area contributed by atoms with Crippen LogP contribution < -0.4 is 5.32 Å². The summed E-state index contributed by atoms with van der Waals surface area (Å²) in [4.78, 5) is 0.454. The first-order chi connectivity index (χ1) is 9.78. The van der Waals surface area contributed by atoms with Gasteiger partial charge in [-0.15, -0.1) is 0 Å². The van der Waals surface area contributed by atoms with E-state index in [4.69, 9.17) is 0 Å². The third-order valence-corrected chi connectivity index (χ3v) is 6.50. The van der Waals surface area contributed by atoms with Gasteiger partial charge in [0.2, 0.25) is 10.0 Å². The first-order valence-corrected chi connectivity index (χ1v) is 8.95. The SMILES string of the molecule is CNCc1cccc(S(=O)(=O)N2CCC(C)(C)CC2)c1C. The molecule has 1 aliphatic heterocycles. The van der Waals surface area contributed by atoms with Crippen LogP contribution in [0.2, 0.25) is 0 Å². The zero-order valence-corrected chi connectivity index (χ0v) is 14.3. The summed E-state index contributed by atoms with van der Waals surface area (Å²) in [7, 11) is -1.51. The average Bonchev–Trinajstić information content (AvgIpc) is 2.40. The highest BCUT2D eigenvalue weighted by Crippen LogP contribution is 2.33. The van der Waals surface area contributed by atoms with Crippen molar-refractivity contribution in [2.24, 2.45) is 5.41 Å². The van der Waals surface area contributed by atoms with Gasteiger partial charge in [0.15, 0.2) is 0 Å². The third kappa shape index (κ3) is 3.47. The lowest BCUT2D eigenvalue weighted by molar-refractivity contribution is 0.196. The fourth-order valence-electron chi connectivity index (χ4n) is 2.79. The molecular formula is C16H26N2O2S. The van der Waals surface area contributed by atoms with E-state index >= 15 is 0 Å². The van der Waals surface area contributed by atoms with Crippen molar-refractivity contribution in [2.75, 3.05) is 20.1 Å². The van der Waals surface area contributed by atoms with E-state index in [1.165, 1.54) is 0 Å². The average molecular weight is 310 g/mol. The fourth-order valence-corrected chi connectivity index (χ4v) is 4.50. The molecule has 1 saturated heterocycles. The van der Waals surface area contributed by atoms with Crippen molar-refractivity contribution < 1.29 is 8.42 Å². The van der Waals surface area contributed by atoms with Gasteiger partial charge in [-0.25, -0.2) is 8.42 Å². The molecule has 0 aliphatic carbocycles. The summed E-state index contributed by atoms with van der Waals surface area (Å²) in [5.41, 5.74) is 2.14. The largest absolute Gasteiger partial charge is 0.316 e. The Morgan fingerprint density at radius 3 is 2.43 bits per heavy atom. The molecule has 0 amide bonds. The van der Waals surface area contributed by atoms with Crippen LogP contribution in [0.25, 0.3) is 0 Å². The molecule has 21 heavy (non-hydrogen) atoms. The molecule has 0 unspecified atom stereocenters. The van der Waals surface area contributed by atoms with Crippen molar-refractivity contribution in [2.45, 2.75) is 45.1 Å². The Morgan fingerprint density at radius 1 is 1.24 bits per heavy atom. The number of rotatable bonds is 4. The molecule has 2 rings (SSSR count). The minimum atomic E-state index is -3.38. The maximum atomic E-state index is 12.9. The van der Waals surface area contributed by atoms with Crippen molar-refractivity contribution in [1.29, 1.82) is 0 Å². The summed E-state index contributed by atoms with van der Waals surface area (Å²) in [5, 5.41) is 3.09. The Morgan fingerprint density at radius 2 is 1.86 bits per heavy atom. The molecule has 118 valence electrons. The van der Waals surface area contributed by atoms with Crippen molar-refractivity contribution in [3.63, 3.8) is 0 Å². The lowest BCUT2D eigenvalue weighted by Crippen LogP contribution is -2.41. The first kappa shape index (κ1) is 16.5. The second kappa shape index (κ2) is 6.07. The number of sulfonamides is 1. The molecular weight excluding hydrogens is 284 g/mol. The Kier molecular flexibility index (Phi) is 4.76. The van der Waals surface area contributed by atoms with Gasteiger partial charge in [-0.2, -0.15) is 4.31 Å². The molecule has 1 heterocycles. The van der Waals surface area contributed by atoms with E-state index in [0.717, 1.165) is 24.0 Å². The molecule has 1 fully saturated rings. The molecule has 0 bridgehead atoms. The van der Waals surface area contributed by atoms with Gasteiger partial charge in [-0.3, -0.25) is 0 Å². The van der Waals surface area contributed by atoms with E-state index in [-0.39, 0.29) is 5.41 Å². The van der Waals surface area contributed by atoms with Gasteiger partial charge in [0.25, 0.3) is 0 Å². The summed E-state index contributed by atoms with van der Waals surface area (Å²) in [6.07, 6.45) is 1.84. The summed E-state index contributed by atoms with van der Waals surface area (Å²) in [6, 6.07) is 5.54. The molecule has 4 nitrogen and oxygen atoms in total. The highest BCUT2D eigenvalue weighted by Gasteiger charge is 2.33. The molecule has 1 aliphatic rings. The maximum Gasteiger partial charge on any atom is 0.243 e. The summed E-state index contributed by atoms with van der Waals surface area (Å²) in [5.74, 6) is 0. The zero-order valence-electron chi connectivity index (χ0n) is 13.4. The first-order valence-electron chi connectivity index (χ1n) is 7.51. The van der Waals surface area contributed by atoms with Crippen LogP contribution in [0.4, 0.5) is 0 Å². The van der Waals surface area contributed by atoms with Gasteiger partial charge in [-0.05, 0) is 49.4 Å². The highest BCUT2D eigenvalue weighted by molar-refractivity contribution is 7.89. The van der Waals surface area contributed by atoms with Crippen molar-refractivity contribution in [3.05, 3.63) is 29.3 Å². The zero-order chi connectivity index (χ0) is 15.7. The number of benzene rings is 1. The van der Waals surface area contributed by atoms with Gasteiger partial charge in [0.1, 0.15) is 0 Å². The standard InChI is InChI=1S/C16H26N2O2S/c1-13-14(12-17-4)6-5-7-15(13)21(19,20)18-10-8-16(2,3)9-11-18/h5-7,17H,8-12H2,1-4H3. The summed E-state index contributed by atoms with van der Waals surface area (Å²) in [6.45, 7) is 8.22. The second-order valence-corrected chi connectivity index (χ2v) is 8.55. The van der Waals surface area contributed by atoms with Gasteiger partial charge in [0.05, 0.1) is 4.90 Å². The number of hydrogen-bond acceptors (Lipinski definition) is 3. The smallest absolute Gasteiger partial charge is 0.243 e. The highest BCUT2D eigenvalue weighted by atomic mass is 32.2. The molecule has 0 radical (unpaired) electrons. The number of nitrogens with one attached hydrogen (secondary N) is 1. The van der Waals surface area contributed by atoms with Crippen LogP contribution in [0, 0.1) is 12.3 Å². The minimum Gasteiger partial charge on any atom is -0.316 e. The lowest BCUT2D eigenvalue weighted by Gasteiger charge is -2.36. The topological polar surface area (TPSA) is 49.4 Å². The summed E-state index contributed by atoms with van der Waals surface area (Å²) < 4.78 is 27.4. The van der Waals surface area contributed by atoms with E-state index in [1.807, 2.05) is 26.1 Å². The van der Waals surface area contributed by atoms with Gasteiger partial charge >= 0.3 is 0 Å². The number of piperidine rings is 1. The van der Waals surface area contributed by atoms with Gasteiger partial charge in [0, 0.05) is 19.6 Å². The van der Waals surface area contributed by atoms with E-state index in [1.54, 1.807) is 10.4 Å². The van der Waals surface area contributed by atoms with Crippen LogP contribution in [0.1, 0.15) is 37.8 Å². The normalized spacial score (nSPS) is 19.6. The number of nitrogens with zero attached hydrogens (tertiary/aromatic N) is 1. The molecule has 1 aromatic carbocycles. The van der Waals surface area contributed by atoms with Crippen LogP contribution in [-0.2, 0) is 16.6 Å². The molecule has 0 atom stereocenters. The Hall–Kier alpha value is -0.910. The van der Waals surface area contributed by atoms with E-state index in [0.29, 0.717) is 24.5 Å². The van der Waals surface area contributed by atoms with Crippen molar-refractivity contribution in [1.82, 2.24) is 9.62 Å². The van der Waals surface area contributed by atoms with Crippen LogP contribution in [-0.4, -0.2) is 32.9 Å². The van der Waals surface area contributed by atoms with Crippen LogP contribution in [0.5, 0.6) is 0 Å². The van der Waals surface area contributed by atoms with E-state index in [9.17, 15) is 8.42 Å². The van der Waals surface area contributed by atoms with Gasteiger partial charge < -0.3 is 5.32 Å². The van der Waals surface area contributed by atoms with E-state index in [2.05, 4.69) is 19.2 Å². The molecule has 0 aromatic heterocycles. The van der Waals surface area contributed by atoms with Crippen molar-refractivity contribution in [3.8, 4) is 0 Å². The Labute approximate surface area is 128 Å². The minimum absolute atomic E-state index is 0.245. The maximum absolute atomic E-state index is 12.9. The van der Waals surface area contributed by atoms with Gasteiger partial charge in [-0.1, -0.05) is 26.0 Å². The predicted molar refractivity (Wildman–Crippen MR) is 85.7 cm³/mol. The quantitative estimate of drug-likeness (QED) is 0.929. The lowest BCUT2D eigenvalue weighted by atomic mass is 9.83. The Bertz CT molecular complexity index is 599. The Balaban J connectivity index is 2.30. The predicted octanol–water partition coefficient (Wildman–Crippen LogP) is 2.53. The second-order valence-electron chi connectivity index (χ2n) is 6.64. The number of hydrogen-bond donors (Lipinski definition) is 1. The molecule has 0 spiro atoms. The van der Waals surface area contributed by atoms with Crippen molar-refractivity contribution >= 4 is 10.0 Å². The molecule has 0 saturated carbocycles. The van der Waals surface area contributed by atoms with Crippen LogP contribution >= 0.6 is 0 Å². The third-order valence-electron chi connectivity index (χ3n) is 4.46. The van der Waals surface area contributed by atoms with Crippen LogP contribution in [0.3, 0.4) is 0 Å².